The average molecular weight is 293 g/mol. The first kappa shape index (κ1) is 12.9. The summed E-state index contributed by atoms with van der Waals surface area (Å²) < 4.78 is 27.0. The van der Waals surface area contributed by atoms with Crippen LogP contribution in [-0.4, -0.2) is 18.2 Å². The third-order valence-electron chi connectivity index (χ3n) is 3.19. The highest BCUT2D eigenvalue weighted by atomic mass is 32.1. The van der Waals surface area contributed by atoms with Gasteiger partial charge in [-0.1, -0.05) is 0 Å². The van der Waals surface area contributed by atoms with Crippen LogP contribution in [-0.2, 0) is 11.2 Å². The Hall–Kier alpha value is -2.08. The first-order valence-corrected chi connectivity index (χ1v) is 6.88. The number of anilines is 1. The molecule has 0 atom stereocenters. The van der Waals surface area contributed by atoms with Crippen molar-refractivity contribution in [1.29, 1.82) is 0 Å². The molecule has 1 aliphatic rings. The van der Waals surface area contributed by atoms with Crippen LogP contribution in [0, 0.1) is 11.6 Å². The molecule has 1 amide bonds. The highest BCUT2D eigenvalue weighted by molar-refractivity contribution is 7.07. The fourth-order valence-electron chi connectivity index (χ4n) is 2.24. The number of hydrogen-bond donors (Lipinski definition) is 0. The van der Waals surface area contributed by atoms with Crippen molar-refractivity contribution >= 4 is 28.7 Å². The van der Waals surface area contributed by atoms with Crippen molar-refractivity contribution in [2.75, 3.05) is 11.4 Å². The summed E-state index contributed by atoms with van der Waals surface area (Å²) in [6.07, 6.45) is 0.513. The number of halogens is 2. The summed E-state index contributed by atoms with van der Waals surface area (Å²) in [5.74, 6) is -3.41. The SMILES string of the molecule is O=C1C(=O)N(CCc2ccsc2)c2c(F)cc(F)cc21. The average Bonchev–Trinajstić information content (AvgIpc) is 2.98. The summed E-state index contributed by atoms with van der Waals surface area (Å²) in [4.78, 5) is 24.7. The van der Waals surface area contributed by atoms with E-state index in [1.165, 1.54) is 11.3 Å². The van der Waals surface area contributed by atoms with Crippen molar-refractivity contribution in [3.05, 3.63) is 51.7 Å². The van der Waals surface area contributed by atoms with Crippen LogP contribution in [0.3, 0.4) is 0 Å². The topological polar surface area (TPSA) is 37.4 Å². The lowest BCUT2D eigenvalue weighted by Gasteiger charge is -2.16. The predicted octanol–water partition coefficient (Wildman–Crippen LogP) is 2.80. The maximum absolute atomic E-state index is 13.8. The minimum absolute atomic E-state index is 0.114. The zero-order valence-electron chi connectivity index (χ0n) is 10.2. The van der Waals surface area contributed by atoms with Gasteiger partial charge in [-0.05, 0) is 34.9 Å². The molecule has 0 spiro atoms. The van der Waals surface area contributed by atoms with Gasteiger partial charge in [-0.3, -0.25) is 9.59 Å². The molecule has 0 fully saturated rings. The molecule has 102 valence electrons. The van der Waals surface area contributed by atoms with E-state index in [4.69, 9.17) is 0 Å². The van der Waals surface area contributed by atoms with Crippen molar-refractivity contribution in [2.45, 2.75) is 6.42 Å². The number of carbonyl (C=O) groups is 2. The van der Waals surface area contributed by atoms with E-state index < -0.39 is 23.3 Å². The first-order chi connectivity index (χ1) is 9.58. The molecule has 2 aromatic rings. The molecule has 3 nitrogen and oxygen atoms in total. The second kappa shape index (κ2) is 4.79. The fourth-order valence-corrected chi connectivity index (χ4v) is 2.95. The Bertz CT molecular complexity index is 697. The zero-order chi connectivity index (χ0) is 14.3. The number of amides is 1. The Labute approximate surface area is 117 Å². The maximum Gasteiger partial charge on any atom is 0.299 e. The molecule has 0 saturated heterocycles. The molecule has 6 heteroatoms. The molecule has 2 heterocycles. The minimum atomic E-state index is -0.885. The number of nitrogens with zero attached hydrogens (tertiary/aromatic N) is 1. The van der Waals surface area contributed by atoms with Gasteiger partial charge in [-0.25, -0.2) is 8.78 Å². The van der Waals surface area contributed by atoms with Crippen molar-refractivity contribution in [2.24, 2.45) is 0 Å². The van der Waals surface area contributed by atoms with Gasteiger partial charge in [-0.2, -0.15) is 11.3 Å². The fraction of sp³-hybridized carbons (Fsp3) is 0.143. The number of carbonyl (C=O) groups excluding carboxylic acids is 2. The van der Waals surface area contributed by atoms with E-state index in [0.29, 0.717) is 12.5 Å². The Morgan fingerprint density at radius 3 is 2.70 bits per heavy atom. The smallest absolute Gasteiger partial charge is 0.299 e. The Balaban J connectivity index is 1.93. The normalized spacial score (nSPS) is 14.0. The largest absolute Gasteiger partial charge is 0.302 e. The number of rotatable bonds is 3. The Morgan fingerprint density at radius 1 is 1.20 bits per heavy atom. The molecule has 0 unspecified atom stereocenters. The molecule has 0 saturated carbocycles. The van der Waals surface area contributed by atoms with E-state index in [9.17, 15) is 18.4 Å². The van der Waals surface area contributed by atoms with Gasteiger partial charge in [0, 0.05) is 12.6 Å². The molecule has 0 bridgehead atoms. The first-order valence-electron chi connectivity index (χ1n) is 5.94. The zero-order valence-corrected chi connectivity index (χ0v) is 11.0. The summed E-state index contributed by atoms with van der Waals surface area (Å²) in [7, 11) is 0. The van der Waals surface area contributed by atoms with E-state index >= 15 is 0 Å². The lowest BCUT2D eigenvalue weighted by Crippen LogP contribution is -2.32. The van der Waals surface area contributed by atoms with Crippen LogP contribution in [0.2, 0.25) is 0 Å². The summed E-state index contributed by atoms with van der Waals surface area (Å²) in [5, 5.41) is 3.82. The van der Waals surface area contributed by atoms with Crippen LogP contribution >= 0.6 is 11.3 Å². The maximum atomic E-state index is 13.8. The lowest BCUT2D eigenvalue weighted by molar-refractivity contribution is -0.114. The number of hydrogen-bond acceptors (Lipinski definition) is 3. The minimum Gasteiger partial charge on any atom is -0.302 e. The molecule has 1 aliphatic heterocycles. The van der Waals surface area contributed by atoms with E-state index in [0.717, 1.165) is 16.5 Å². The number of thiophene rings is 1. The number of benzene rings is 1. The van der Waals surface area contributed by atoms with Crippen molar-refractivity contribution in [3.8, 4) is 0 Å². The van der Waals surface area contributed by atoms with Crippen LogP contribution in [0.25, 0.3) is 0 Å². The third kappa shape index (κ3) is 2.02. The highest BCUT2D eigenvalue weighted by Crippen LogP contribution is 2.32. The van der Waals surface area contributed by atoms with Crippen LogP contribution < -0.4 is 4.90 Å². The quantitative estimate of drug-likeness (QED) is 0.816. The van der Waals surface area contributed by atoms with Crippen LogP contribution in [0.1, 0.15) is 15.9 Å². The molecule has 1 aromatic heterocycles. The van der Waals surface area contributed by atoms with Gasteiger partial charge in [0.2, 0.25) is 0 Å². The second-order valence-electron chi connectivity index (χ2n) is 4.45. The molecule has 0 N–H and O–H groups in total. The van der Waals surface area contributed by atoms with E-state index in [-0.39, 0.29) is 17.8 Å². The second-order valence-corrected chi connectivity index (χ2v) is 5.23. The summed E-state index contributed by atoms with van der Waals surface area (Å²) in [5.41, 5.74) is 0.695. The summed E-state index contributed by atoms with van der Waals surface area (Å²) in [6.45, 7) is 0.191. The van der Waals surface area contributed by atoms with Gasteiger partial charge >= 0.3 is 0 Å². The third-order valence-corrected chi connectivity index (χ3v) is 3.92. The summed E-state index contributed by atoms with van der Waals surface area (Å²) >= 11 is 1.52. The van der Waals surface area contributed by atoms with E-state index in [1.807, 2.05) is 16.8 Å². The highest BCUT2D eigenvalue weighted by Gasteiger charge is 2.38. The molecule has 0 radical (unpaired) electrons. The predicted molar refractivity (Wildman–Crippen MR) is 71.1 cm³/mol. The van der Waals surface area contributed by atoms with Crippen molar-refractivity contribution in [3.63, 3.8) is 0 Å². The van der Waals surface area contributed by atoms with E-state index in [1.54, 1.807) is 0 Å². The molecular formula is C14H9F2NO2S. The van der Waals surface area contributed by atoms with E-state index in [2.05, 4.69) is 0 Å². The monoisotopic (exact) mass is 293 g/mol. The Kier molecular flexibility index (Phi) is 3.10. The molecule has 1 aromatic carbocycles. The van der Waals surface area contributed by atoms with Crippen molar-refractivity contribution in [1.82, 2.24) is 0 Å². The van der Waals surface area contributed by atoms with Crippen LogP contribution in [0.15, 0.2) is 29.0 Å². The van der Waals surface area contributed by atoms with Gasteiger partial charge in [0.15, 0.2) is 5.82 Å². The van der Waals surface area contributed by atoms with Crippen molar-refractivity contribution < 1.29 is 18.4 Å². The van der Waals surface area contributed by atoms with Gasteiger partial charge in [0.25, 0.3) is 11.7 Å². The van der Waals surface area contributed by atoms with Crippen LogP contribution in [0.5, 0.6) is 0 Å². The van der Waals surface area contributed by atoms with Crippen LogP contribution in [0.4, 0.5) is 14.5 Å². The molecular weight excluding hydrogens is 284 g/mol. The number of Topliss-reactive ketones (excluding diaryl/α,β-unsaturated/α-hetero) is 1. The van der Waals surface area contributed by atoms with Gasteiger partial charge in [-0.15, -0.1) is 0 Å². The van der Waals surface area contributed by atoms with Gasteiger partial charge in [0.1, 0.15) is 5.82 Å². The molecule has 3 rings (SSSR count). The van der Waals surface area contributed by atoms with Gasteiger partial charge < -0.3 is 4.90 Å². The Morgan fingerprint density at radius 2 is 2.00 bits per heavy atom. The lowest BCUT2D eigenvalue weighted by atomic mass is 10.1. The molecule has 20 heavy (non-hydrogen) atoms. The summed E-state index contributed by atoms with van der Waals surface area (Å²) in [6, 6.07) is 3.49. The molecule has 0 aliphatic carbocycles. The van der Waals surface area contributed by atoms with Gasteiger partial charge in [0.05, 0.1) is 11.3 Å². The standard InChI is InChI=1S/C14H9F2NO2S/c15-9-5-10-12(11(16)6-9)17(14(19)13(10)18)3-1-8-2-4-20-7-8/h2,4-7H,1,3H2. The number of fused-ring (bicyclic) bond motifs is 1. The number of ketones is 1.